The number of rotatable bonds is 3. The molecule has 1 heterocycles. The van der Waals surface area contributed by atoms with E-state index in [1.165, 1.54) is 16.7 Å². The molecule has 1 N–H and O–H groups in total. The summed E-state index contributed by atoms with van der Waals surface area (Å²) in [5.41, 5.74) is 6.63. The number of nitrogens with zero attached hydrogens (tertiary/aromatic N) is 2. The molecule has 2 rings (SSSR count). The standard InChI is InChI=1S/C16H22N2O/c1-10-6-7-14(8-11(10)2)9-15(19)16-12(3)17-18(5)13(16)4/h6-8,15,19H,9H2,1-5H3. The predicted molar refractivity (Wildman–Crippen MR) is 77.3 cm³/mol. The molecule has 0 aliphatic carbocycles. The molecule has 19 heavy (non-hydrogen) atoms. The Morgan fingerprint density at radius 3 is 2.37 bits per heavy atom. The predicted octanol–water partition coefficient (Wildman–Crippen LogP) is 2.93. The van der Waals surface area contributed by atoms with Crippen LogP contribution in [0.2, 0.25) is 0 Å². The molecule has 0 saturated carbocycles. The summed E-state index contributed by atoms with van der Waals surface area (Å²) in [5, 5.41) is 14.8. The summed E-state index contributed by atoms with van der Waals surface area (Å²) >= 11 is 0. The van der Waals surface area contributed by atoms with E-state index in [0.717, 1.165) is 17.0 Å². The van der Waals surface area contributed by atoms with Gasteiger partial charge < -0.3 is 5.11 Å². The van der Waals surface area contributed by atoms with Gasteiger partial charge in [0, 0.05) is 24.7 Å². The molecule has 1 aromatic heterocycles. The van der Waals surface area contributed by atoms with E-state index in [1.807, 2.05) is 25.6 Å². The topological polar surface area (TPSA) is 38.1 Å². The second-order valence-corrected chi connectivity index (χ2v) is 5.35. The van der Waals surface area contributed by atoms with Crippen molar-refractivity contribution in [1.82, 2.24) is 9.78 Å². The number of benzene rings is 1. The number of aryl methyl sites for hydroxylation is 4. The third-order valence-electron chi connectivity index (χ3n) is 3.90. The molecule has 102 valence electrons. The average molecular weight is 258 g/mol. The number of hydrogen-bond acceptors (Lipinski definition) is 2. The summed E-state index contributed by atoms with van der Waals surface area (Å²) in [4.78, 5) is 0. The highest BCUT2D eigenvalue weighted by Gasteiger charge is 2.18. The van der Waals surface area contributed by atoms with Crippen molar-refractivity contribution in [3.05, 3.63) is 51.8 Å². The van der Waals surface area contributed by atoms with Gasteiger partial charge in [-0.1, -0.05) is 18.2 Å². The van der Waals surface area contributed by atoms with Gasteiger partial charge in [-0.15, -0.1) is 0 Å². The van der Waals surface area contributed by atoms with Crippen molar-refractivity contribution in [2.75, 3.05) is 0 Å². The molecule has 1 unspecified atom stereocenters. The SMILES string of the molecule is Cc1ccc(CC(O)c2c(C)nn(C)c2C)cc1C. The van der Waals surface area contributed by atoms with Crippen molar-refractivity contribution in [3.63, 3.8) is 0 Å². The van der Waals surface area contributed by atoms with Gasteiger partial charge in [0.2, 0.25) is 0 Å². The van der Waals surface area contributed by atoms with E-state index in [-0.39, 0.29) is 0 Å². The third kappa shape index (κ3) is 2.71. The monoisotopic (exact) mass is 258 g/mol. The summed E-state index contributed by atoms with van der Waals surface area (Å²) < 4.78 is 1.83. The first-order chi connectivity index (χ1) is 8.90. The van der Waals surface area contributed by atoms with Crippen LogP contribution in [0.25, 0.3) is 0 Å². The highest BCUT2D eigenvalue weighted by molar-refractivity contribution is 5.33. The first-order valence-corrected chi connectivity index (χ1v) is 6.64. The zero-order valence-electron chi connectivity index (χ0n) is 12.4. The van der Waals surface area contributed by atoms with Gasteiger partial charge in [-0.3, -0.25) is 4.68 Å². The van der Waals surface area contributed by atoms with Crippen LogP contribution in [0.1, 0.15) is 39.7 Å². The fraction of sp³-hybridized carbons (Fsp3) is 0.438. The van der Waals surface area contributed by atoms with Crippen molar-refractivity contribution in [3.8, 4) is 0 Å². The van der Waals surface area contributed by atoms with Crippen LogP contribution in [-0.2, 0) is 13.5 Å². The fourth-order valence-electron chi connectivity index (χ4n) is 2.53. The van der Waals surface area contributed by atoms with Gasteiger partial charge in [-0.2, -0.15) is 5.10 Å². The third-order valence-corrected chi connectivity index (χ3v) is 3.90. The molecular weight excluding hydrogens is 236 g/mol. The highest BCUT2D eigenvalue weighted by Crippen LogP contribution is 2.25. The van der Waals surface area contributed by atoms with Gasteiger partial charge >= 0.3 is 0 Å². The molecule has 0 fully saturated rings. The molecule has 0 radical (unpaired) electrons. The molecule has 0 aliphatic rings. The molecule has 1 atom stereocenters. The summed E-state index contributed by atoms with van der Waals surface area (Å²) in [6.45, 7) is 8.15. The molecule has 0 bridgehead atoms. The second kappa shape index (κ2) is 5.17. The minimum atomic E-state index is -0.490. The zero-order valence-corrected chi connectivity index (χ0v) is 12.4. The van der Waals surface area contributed by atoms with Crippen LogP contribution in [0.15, 0.2) is 18.2 Å². The van der Waals surface area contributed by atoms with Crippen molar-refractivity contribution in [2.24, 2.45) is 7.05 Å². The summed E-state index contributed by atoms with van der Waals surface area (Å²) in [7, 11) is 1.91. The van der Waals surface area contributed by atoms with Crippen LogP contribution in [0, 0.1) is 27.7 Å². The zero-order chi connectivity index (χ0) is 14.2. The first kappa shape index (κ1) is 13.8. The molecule has 1 aromatic carbocycles. The van der Waals surface area contributed by atoms with E-state index >= 15 is 0 Å². The van der Waals surface area contributed by atoms with Crippen LogP contribution in [-0.4, -0.2) is 14.9 Å². The van der Waals surface area contributed by atoms with Crippen LogP contribution >= 0.6 is 0 Å². The van der Waals surface area contributed by atoms with Crippen molar-refractivity contribution in [1.29, 1.82) is 0 Å². The summed E-state index contributed by atoms with van der Waals surface area (Å²) in [5.74, 6) is 0. The average Bonchev–Trinajstić information content (AvgIpc) is 2.58. The van der Waals surface area contributed by atoms with E-state index in [0.29, 0.717) is 6.42 Å². The summed E-state index contributed by atoms with van der Waals surface area (Å²) in [6, 6.07) is 6.35. The Morgan fingerprint density at radius 1 is 1.16 bits per heavy atom. The van der Waals surface area contributed by atoms with E-state index in [2.05, 4.69) is 37.1 Å². The largest absolute Gasteiger partial charge is 0.388 e. The van der Waals surface area contributed by atoms with Crippen molar-refractivity contribution < 1.29 is 5.11 Å². The van der Waals surface area contributed by atoms with E-state index in [1.54, 1.807) is 0 Å². The quantitative estimate of drug-likeness (QED) is 0.919. The number of aromatic nitrogens is 2. The molecular formula is C16H22N2O. The van der Waals surface area contributed by atoms with Crippen LogP contribution < -0.4 is 0 Å². The van der Waals surface area contributed by atoms with Gasteiger partial charge in [0.25, 0.3) is 0 Å². The number of hydrogen-bond donors (Lipinski definition) is 1. The lowest BCUT2D eigenvalue weighted by atomic mass is 9.97. The molecule has 0 spiro atoms. The molecule has 0 amide bonds. The highest BCUT2D eigenvalue weighted by atomic mass is 16.3. The maximum absolute atomic E-state index is 10.5. The Labute approximate surface area is 114 Å². The first-order valence-electron chi connectivity index (χ1n) is 6.64. The Kier molecular flexibility index (Phi) is 3.76. The minimum Gasteiger partial charge on any atom is -0.388 e. The van der Waals surface area contributed by atoms with Gasteiger partial charge in [0.05, 0.1) is 11.8 Å². The minimum absolute atomic E-state index is 0.490. The Balaban J connectivity index is 2.25. The second-order valence-electron chi connectivity index (χ2n) is 5.35. The molecule has 3 nitrogen and oxygen atoms in total. The maximum Gasteiger partial charge on any atom is 0.0866 e. The molecule has 0 saturated heterocycles. The normalized spacial score (nSPS) is 12.7. The maximum atomic E-state index is 10.5. The lowest BCUT2D eigenvalue weighted by Gasteiger charge is -2.13. The van der Waals surface area contributed by atoms with Gasteiger partial charge in [-0.05, 0) is 44.4 Å². The molecule has 2 aromatic rings. The van der Waals surface area contributed by atoms with E-state index < -0.39 is 6.10 Å². The molecule has 3 heteroatoms. The van der Waals surface area contributed by atoms with Crippen LogP contribution in [0.5, 0.6) is 0 Å². The van der Waals surface area contributed by atoms with Gasteiger partial charge in [0.15, 0.2) is 0 Å². The molecule has 0 aliphatic heterocycles. The van der Waals surface area contributed by atoms with Crippen LogP contribution in [0.3, 0.4) is 0 Å². The Bertz CT molecular complexity index is 599. The number of aliphatic hydroxyl groups is 1. The lowest BCUT2D eigenvalue weighted by Crippen LogP contribution is -2.05. The van der Waals surface area contributed by atoms with Crippen molar-refractivity contribution in [2.45, 2.75) is 40.2 Å². The van der Waals surface area contributed by atoms with Crippen molar-refractivity contribution >= 4 is 0 Å². The Hall–Kier alpha value is -1.61. The van der Waals surface area contributed by atoms with Gasteiger partial charge in [0.1, 0.15) is 0 Å². The van der Waals surface area contributed by atoms with E-state index in [9.17, 15) is 5.11 Å². The van der Waals surface area contributed by atoms with E-state index in [4.69, 9.17) is 0 Å². The number of aliphatic hydroxyl groups excluding tert-OH is 1. The van der Waals surface area contributed by atoms with Crippen LogP contribution in [0.4, 0.5) is 0 Å². The fourth-order valence-corrected chi connectivity index (χ4v) is 2.53. The lowest BCUT2D eigenvalue weighted by molar-refractivity contribution is 0.177. The summed E-state index contributed by atoms with van der Waals surface area (Å²) in [6.07, 6.45) is 0.143. The van der Waals surface area contributed by atoms with Gasteiger partial charge in [-0.25, -0.2) is 0 Å². The smallest absolute Gasteiger partial charge is 0.0866 e. The Morgan fingerprint density at radius 2 is 1.84 bits per heavy atom.